The first-order valence-corrected chi connectivity index (χ1v) is 6.84. The molecule has 0 bridgehead atoms. The number of hydrogen-bond donors (Lipinski definition) is 1. The van der Waals surface area contributed by atoms with Gasteiger partial charge in [0.15, 0.2) is 0 Å². The third-order valence-electron chi connectivity index (χ3n) is 1.49. The molecule has 0 amide bonds. The lowest BCUT2D eigenvalue weighted by Crippen LogP contribution is -2.10. The molecule has 0 saturated heterocycles. The van der Waals surface area contributed by atoms with E-state index >= 15 is 0 Å². The van der Waals surface area contributed by atoms with Crippen molar-refractivity contribution in [1.82, 2.24) is 4.98 Å². The molecule has 0 radical (unpaired) electrons. The molecule has 0 aliphatic carbocycles. The van der Waals surface area contributed by atoms with Crippen molar-refractivity contribution in [3.63, 3.8) is 0 Å². The first-order valence-electron chi connectivity index (χ1n) is 3.94. The summed E-state index contributed by atoms with van der Waals surface area (Å²) in [6.45, 7) is 0.609. The van der Waals surface area contributed by atoms with Crippen LogP contribution in [0.1, 0.15) is 0 Å². The molecule has 1 heterocycles. The second kappa shape index (κ2) is 5.68. The van der Waals surface area contributed by atoms with E-state index in [1.165, 1.54) is 0 Å². The number of nitrogens with one attached hydrogen (secondary N) is 1. The van der Waals surface area contributed by atoms with Gasteiger partial charge in [-0.1, -0.05) is 11.6 Å². The molecule has 0 aromatic carbocycles. The highest BCUT2D eigenvalue weighted by molar-refractivity contribution is 9.10. The molecular formula is C8H10BrClN2OS. The molecule has 0 fully saturated rings. The fraction of sp³-hybridized carbons (Fsp3) is 0.375. The van der Waals surface area contributed by atoms with Crippen molar-refractivity contribution in [2.24, 2.45) is 0 Å². The van der Waals surface area contributed by atoms with E-state index in [2.05, 4.69) is 26.2 Å². The van der Waals surface area contributed by atoms with Gasteiger partial charge in [0.1, 0.15) is 5.82 Å². The highest BCUT2D eigenvalue weighted by atomic mass is 79.9. The molecule has 1 aromatic heterocycles. The van der Waals surface area contributed by atoms with Gasteiger partial charge in [0, 0.05) is 40.0 Å². The smallest absolute Gasteiger partial charge is 0.144 e. The molecule has 1 atom stereocenters. The number of aromatic nitrogens is 1. The zero-order valence-corrected chi connectivity index (χ0v) is 10.7. The van der Waals surface area contributed by atoms with Crippen LogP contribution in [0.25, 0.3) is 0 Å². The van der Waals surface area contributed by atoms with E-state index in [9.17, 15) is 4.21 Å². The lowest BCUT2D eigenvalue weighted by Gasteiger charge is -2.05. The van der Waals surface area contributed by atoms with Gasteiger partial charge in [-0.3, -0.25) is 4.21 Å². The summed E-state index contributed by atoms with van der Waals surface area (Å²) in [5, 5.41) is 3.57. The SMILES string of the molecule is CS(=O)CCNc1ncc(Br)cc1Cl. The van der Waals surface area contributed by atoms with Crippen LogP contribution in [0.4, 0.5) is 5.82 Å². The molecule has 1 rings (SSSR count). The Morgan fingerprint density at radius 1 is 1.71 bits per heavy atom. The fourth-order valence-electron chi connectivity index (χ4n) is 0.858. The highest BCUT2D eigenvalue weighted by Gasteiger charge is 2.01. The van der Waals surface area contributed by atoms with Crippen LogP contribution in [0.3, 0.4) is 0 Å². The molecule has 0 saturated carbocycles. The maximum Gasteiger partial charge on any atom is 0.144 e. The fourth-order valence-corrected chi connectivity index (χ4v) is 1.94. The third kappa shape index (κ3) is 3.94. The maximum atomic E-state index is 10.8. The number of hydrogen-bond acceptors (Lipinski definition) is 3. The molecule has 1 aromatic rings. The Morgan fingerprint density at radius 2 is 2.43 bits per heavy atom. The van der Waals surface area contributed by atoms with Gasteiger partial charge >= 0.3 is 0 Å². The van der Waals surface area contributed by atoms with Crippen molar-refractivity contribution in [3.8, 4) is 0 Å². The Bertz CT molecular complexity index is 348. The van der Waals surface area contributed by atoms with Crippen molar-refractivity contribution >= 4 is 44.1 Å². The Morgan fingerprint density at radius 3 is 3.00 bits per heavy atom. The Balaban J connectivity index is 2.55. The summed E-state index contributed by atoms with van der Waals surface area (Å²) in [7, 11) is -0.793. The molecule has 6 heteroatoms. The van der Waals surface area contributed by atoms with Crippen LogP contribution < -0.4 is 5.32 Å². The van der Waals surface area contributed by atoms with E-state index in [1.807, 2.05) is 0 Å². The van der Waals surface area contributed by atoms with Crippen LogP contribution in [-0.2, 0) is 10.8 Å². The van der Waals surface area contributed by atoms with E-state index in [1.54, 1.807) is 18.5 Å². The quantitative estimate of drug-likeness (QED) is 0.927. The van der Waals surface area contributed by atoms with Crippen molar-refractivity contribution in [3.05, 3.63) is 21.8 Å². The van der Waals surface area contributed by atoms with Gasteiger partial charge in [0.2, 0.25) is 0 Å². The number of nitrogens with zero attached hydrogens (tertiary/aromatic N) is 1. The number of anilines is 1. The summed E-state index contributed by atoms with van der Waals surface area (Å²) in [5.41, 5.74) is 0. The van der Waals surface area contributed by atoms with Crippen LogP contribution in [0.5, 0.6) is 0 Å². The van der Waals surface area contributed by atoms with E-state index in [-0.39, 0.29) is 0 Å². The zero-order chi connectivity index (χ0) is 10.6. The number of rotatable bonds is 4. The van der Waals surface area contributed by atoms with E-state index in [4.69, 9.17) is 11.6 Å². The highest BCUT2D eigenvalue weighted by Crippen LogP contribution is 2.22. The summed E-state index contributed by atoms with van der Waals surface area (Å²) in [5.74, 6) is 1.22. The molecule has 0 aliphatic rings. The molecule has 0 aliphatic heterocycles. The summed E-state index contributed by atoms with van der Waals surface area (Å²) in [4.78, 5) is 4.09. The Hall–Kier alpha value is -0.130. The third-order valence-corrected chi connectivity index (χ3v) is 2.99. The average molecular weight is 298 g/mol. The minimum absolute atomic E-state index is 0.557. The second-order valence-electron chi connectivity index (χ2n) is 2.69. The monoisotopic (exact) mass is 296 g/mol. The van der Waals surface area contributed by atoms with Crippen molar-refractivity contribution in [2.75, 3.05) is 23.9 Å². The van der Waals surface area contributed by atoms with E-state index in [0.29, 0.717) is 23.1 Å². The zero-order valence-electron chi connectivity index (χ0n) is 7.59. The minimum atomic E-state index is -0.793. The Kier molecular flexibility index (Phi) is 4.84. The van der Waals surface area contributed by atoms with Crippen LogP contribution in [0.2, 0.25) is 5.02 Å². The maximum absolute atomic E-state index is 10.8. The molecular weight excluding hydrogens is 288 g/mol. The van der Waals surface area contributed by atoms with Crippen LogP contribution in [-0.4, -0.2) is 27.7 Å². The van der Waals surface area contributed by atoms with Crippen molar-refractivity contribution < 1.29 is 4.21 Å². The van der Waals surface area contributed by atoms with Crippen molar-refractivity contribution in [1.29, 1.82) is 0 Å². The van der Waals surface area contributed by atoms with Crippen LogP contribution in [0.15, 0.2) is 16.7 Å². The van der Waals surface area contributed by atoms with E-state index < -0.39 is 10.8 Å². The molecule has 1 N–H and O–H groups in total. The lowest BCUT2D eigenvalue weighted by molar-refractivity contribution is 0.687. The second-order valence-corrected chi connectivity index (χ2v) is 5.57. The number of halogens is 2. The first-order chi connectivity index (χ1) is 6.59. The van der Waals surface area contributed by atoms with Gasteiger partial charge in [-0.2, -0.15) is 0 Å². The molecule has 14 heavy (non-hydrogen) atoms. The Labute approximate surface area is 98.8 Å². The van der Waals surface area contributed by atoms with Gasteiger partial charge in [0.05, 0.1) is 5.02 Å². The predicted octanol–water partition coefficient (Wildman–Crippen LogP) is 2.29. The average Bonchev–Trinajstić information content (AvgIpc) is 2.08. The van der Waals surface area contributed by atoms with Gasteiger partial charge in [-0.05, 0) is 22.0 Å². The minimum Gasteiger partial charge on any atom is -0.368 e. The molecule has 3 nitrogen and oxygen atoms in total. The lowest BCUT2D eigenvalue weighted by atomic mass is 10.4. The summed E-state index contributed by atoms with van der Waals surface area (Å²) >= 11 is 9.18. The number of pyridine rings is 1. The summed E-state index contributed by atoms with van der Waals surface area (Å²) in [6, 6.07) is 1.76. The van der Waals surface area contributed by atoms with Gasteiger partial charge in [-0.15, -0.1) is 0 Å². The van der Waals surface area contributed by atoms with E-state index in [0.717, 1.165) is 4.47 Å². The van der Waals surface area contributed by atoms with Crippen LogP contribution >= 0.6 is 27.5 Å². The molecule has 78 valence electrons. The van der Waals surface area contributed by atoms with Gasteiger partial charge in [0.25, 0.3) is 0 Å². The molecule has 0 spiro atoms. The van der Waals surface area contributed by atoms with Gasteiger partial charge < -0.3 is 5.32 Å². The standard InChI is InChI=1S/C8H10BrClN2OS/c1-14(13)3-2-11-8-7(10)4-6(9)5-12-8/h4-5H,2-3H2,1H3,(H,11,12). The van der Waals surface area contributed by atoms with Crippen LogP contribution in [0, 0.1) is 0 Å². The summed E-state index contributed by atoms with van der Waals surface area (Å²) in [6.07, 6.45) is 3.33. The normalized spacial score (nSPS) is 12.5. The molecule has 1 unspecified atom stereocenters. The largest absolute Gasteiger partial charge is 0.368 e. The first kappa shape index (κ1) is 11.9. The van der Waals surface area contributed by atoms with Crippen molar-refractivity contribution in [2.45, 2.75) is 0 Å². The summed E-state index contributed by atoms with van der Waals surface area (Å²) < 4.78 is 11.6. The predicted molar refractivity (Wildman–Crippen MR) is 64.4 cm³/mol. The van der Waals surface area contributed by atoms with Gasteiger partial charge in [-0.25, -0.2) is 4.98 Å². The topological polar surface area (TPSA) is 42.0 Å².